The number of carbonyl (C=O) groups is 1. The van der Waals surface area contributed by atoms with E-state index in [2.05, 4.69) is 33.9 Å². The van der Waals surface area contributed by atoms with Crippen LogP contribution in [0, 0.1) is 11.7 Å². The number of aromatic nitrogens is 2. The van der Waals surface area contributed by atoms with Crippen LogP contribution in [0.2, 0.25) is 0 Å². The van der Waals surface area contributed by atoms with Gasteiger partial charge in [-0.25, -0.2) is 4.39 Å². The average molecular weight is 495 g/mol. The van der Waals surface area contributed by atoms with Gasteiger partial charge in [-0.3, -0.25) is 14.8 Å². The molecule has 4 aromatic rings. The maximum absolute atomic E-state index is 15.0. The Kier molecular flexibility index (Phi) is 6.21. The largest absolute Gasteiger partial charge is 0.340 e. The van der Waals surface area contributed by atoms with Gasteiger partial charge in [0.25, 0.3) is 0 Å². The molecule has 1 aliphatic carbocycles. The van der Waals surface area contributed by atoms with E-state index in [4.69, 9.17) is 5.73 Å². The number of fused-ring (bicyclic) bond motifs is 2. The van der Waals surface area contributed by atoms with Crippen LogP contribution in [0.1, 0.15) is 59.2 Å². The first-order chi connectivity index (χ1) is 18.0. The monoisotopic (exact) mass is 494 g/mol. The molecule has 2 N–H and O–H groups in total. The second-order valence-corrected chi connectivity index (χ2v) is 10.7. The number of carbonyl (C=O) groups excluding carboxylic acids is 1. The number of rotatable bonds is 5. The van der Waals surface area contributed by atoms with E-state index < -0.39 is 0 Å². The zero-order chi connectivity index (χ0) is 25.5. The summed E-state index contributed by atoms with van der Waals surface area (Å²) in [5.41, 5.74) is 12.5. The molecule has 37 heavy (non-hydrogen) atoms. The summed E-state index contributed by atoms with van der Waals surface area (Å²) in [5, 5.41) is 0.367. The van der Waals surface area contributed by atoms with Gasteiger partial charge in [-0.05, 0) is 84.5 Å². The molecule has 3 heterocycles. The highest BCUT2D eigenvalue weighted by atomic mass is 19.1. The highest BCUT2D eigenvalue weighted by Gasteiger charge is 2.28. The van der Waals surface area contributed by atoms with E-state index in [1.165, 1.54) is 11.6 Å². The summed E-state index contributed by atoms with van der Waals surface area (Å²) in [6, 6.07) is 15.2. The van der Waals surface area contributed by atoms with E-state index in [0.717, 1.165) is 54.7 Å². The van der Waals surface area contributed by atoms with Gasteiger partial charge in [0, 0.05) is 48.0 Å². The van der Waals surface area contributed by atoms with Crippen molar-refractivity contribution in [3.8, 4) is 0 Å². The van der Waals surface area contributed by atoms with E-state index in [0.29, 0.717) is 28.3 Å². The van der Waals surface area contributed by atoms with Gasteiger partial charge in [-0.2, -0.15) is 0 Å². The summed E-state index contributed by atoms with van der Waals surface area (Å²) in [4.78, 5) is 24.7. The summed E-state index contributed by atoms with van der Waals surface area (Å²) in [6.07, 6.45) is 9.48. The van der Waals surface area contributed by atoms with Crippen molar-refractivity contribution in [3.63, 3.8) is 0 Å². The number of ketones is 1. The standard InChI is InChI=1S/C31H31FN4O/c1-19-12-21(14-23(33)13-19)25-8-10-34-17-22(25)15-30(37)26-6-7-28(32)27-16-24(18-35-31(26)27)36-11-9-20-4-2-3-5-29(20)36/h2-8,10,16-19,21,23H,9,11-15,33H2,1H3/t19-,21+,23-/m0/s1. The molecular formula is C31H31FN4O. The Balaban J connectivity index is 1.32. The highest BCUT2D eigenvalue weighted by molar-refractivity contribution is 6.08. The summed E-state index contributed by atoms with van der Waals surface area (Å²) in [6.45, 7) is 3.06. The van der Waals surface area contributed by atoms with Crippen LogP contribution in [0.25, 0.3) is 10.9 Å². The van der Waals surface area contributed by atoms with Crippen LogP contribution in [0.3, 0.4) is 0 Å². The Labute approximate surface area is 216 Å². The predicted octanol–water partition coefficient (Wildman–Crippen LogP) is 6.12. The highest BCUT2D eigenvalue weighted by Crippen LogP contribution is 2.38. The maximum atomic E-state index is 15.0. The lowest BCUT2D eigenvalue weighted by Crippen LogP contribution is -2.31. The summed E-state index contributed by atoms with van der Waals surface area (Å²) >= 11 is 0. The molecular weight excluding hydrogens is 463 g/mol. The van der Waals surface area contributed by atoms with Crippen molar-refractivity contribution >= 4 is 28.1 Å². The molecule has 6 heteroatoms. The molecule has 6 rings (SSSR count). The molecule has 0 bridgehead atoms. The molecule has 0 unspecified atom stereocenters. The van der Waals surface area contributed by atoms with E-state index in [1.807, 2.05) is 24.3 Å². The van der Waals surface area contributed by atoms with Crippen molar-refractivity contribution in [1.82, 2.24) is 9.97 Å². The van der Waals surface area contributed by atoms with Gasteiger partial charge in [0.1, 0.15) is 5.82 Å². The zero-order valence-corrected chi connectivity index (χ0v) is 21.0. The fraction of sp³-hybridized carbons (Fsp3) is 0.323. The maximum Gasteiger partial charge on any atom is 0.169 e. The zero-order valence-electron chi connectivity index (χ0n) is 21.0. The van der Waals surface area contributed by atoms with Gasteiger partial charge in [0.05, 0.1) is 17.4 Å². The first kappa shape index (κ1) is 23.7. The van der Waals surface area contributed by atoms with E-state index in [-0.39, 0.29) is 24.1 Å². The third kappa shape index (κ3) is 4.51. The lowest BCUT2D eigenvalue weighted by Gasteiger charge is -2.32. The van der Waals surface area contributed by atoms with Crippen LogP contribution in [0.15, 0.2) is 67.1 Å². The van der Waals surface area contributed by atoms with Gasteiger partial charge in [-0.15, -0.1) is 0 Å². The topological polar surface area (TPSA) is 72.1 Å². The first-order valence-electron chi connectivity index (χ1n) is 13.1. The minimum Gasteiger partial charge on any atom is -0.340 e. The van der Waals surface area contributed by atoms with Crippen LogP contribution in [-0.4, -0.2) is 28.3 Å². The number of benzene rings is 2. The molecule has 0 spiro atoms. The van der Waals surface area contributed by atoms with Crippen molar-refractivity contribution < 1.29 is 9.18 Å². The number of hydrogen-bond donors (Lipinski definition) is 1. The third-order valence-electron chi connectivity index (χ3n) is 7.99. The Morgan fingerprint density at radius 2 is 1.97 bits per heavy atom. The van der Waals surface area contributed by atoms with Crippen molar-refractivity contribution in [2.24, 2.45) is 11.7 Å². The second kappa shape index (κ2) is 9.67. The Morgan fingerprint density at radius 1 is 1.11 bits per heavy atom. The number of anilines is 2. The lowest BCUT2D eigenvalue weighted by molar-refractivity contribution is 0.0994. The van der Waals surface area contributed by atoms with Crippen LogP contribution in [0.4, 0.5) is 15.8 Å². The molecule has 3 atom stereocenters. The molecule has 2 aromatic carbocycles. The molecule has 188 valence electrons. The number of pyridine rings is 2. The van der Waals surface area contributed by atoms with Crippen molar-refractivity contribution in [2.45, 2.75) is 51.0 Å². The minimum absolute atomic E-state index is 0.0841. The van der Waals surface area contributed by atoms with Crippen molar-refractivity contribution in [1.29, 1.82) is 0 Å². The number of nitrogens with zero attached hydrogens (tertiary/aromatic N) is 3. The third-order valence-corrected chi connectivity index (χ3v) is 7.99. The van der Waals surface area contributed by atoms with E-state index >= 15 is 4.39 Å². The normalized spacial score (nSPS) is 21.3. The number of para-hydroxylation sites is 1. The van der Waals surface area contributed by atoms with E-state index in [1.54, 1.807) is 24.7 Å². The Bertz CT molecular complexity index is 1480. The number of Topliss-reactive ketones (excluding diaryl/α,β-unsaturated/α-hetero) is 1. The Morgan fingerprint density at radius 3 is 2.84 bits per heavy atom. The molecule has 1 saturated carbocycles. The minimum atomic E-state index is -0.374. The average Bonchev–Trinajstić information content (AvgIpc) is 3.33. The molecule has 0 radical (unpaired) electrons. The molecule has 1 fully saturated rings. The van der Waals surface area contributed by atoms with Crippen LogP contribution in [0.5, 0.6) is 0 Å². The SMILES string of the molecule is C[C@@H]1C[C@H](N)C[C@H](c2ccncc2CC(=O)c2ccc(F)c3cc(N4CCc5ccccc54)cnc23)C1. The smallest absolute Gasteiger partial charge is 0.169 e. The van der Waals surface area contributed by atoms with Crippen molar-refractivity contribution in [2.75, 3.05) is 11.4 Å². The summed E-state index contributed by atoms with van der Waals surface area (Å²) in [5.74, 6) is 0.408. The molecule has 2 aliphatic rings. The Hall–Kier alpha value is -3.64. The number of nitrogens with two attached hydrogens (primary N) is 1. The quantitative estimate of drug-likeness (QED) is 0.339. The molecule has 0 amide bonds. The van der Waals surface area contributed by atoms with Crippen LogP contribution >= 0.6 is 0 Å². The molecule has 5 nitrogen and oxygen atoms in total. The number of halogens is 1. The lowest BCUT2D eigenvalue weighted by atomic mass is 9.75. The van der Waals surface area contributed by atoms with Crippen molar-refractivity contribution in [3.05, 3.63) is 95.2 Å². The molecule has 2 aromatic heterocycles. The number of hydrogen-bond acceptors (Lipinski definition) is 5. The van der Waals surface area contributed by atoms with Gasteiger partial charge in [-0.1, -0.05) is 25.1 Å². The fourth-order valence-corrected chi connectivity index (χ4v) is 6.32. The summed E-state index contributed by atoms with van der Waals surface area (Å²) < 4.78 is 15.0. The van der Waals surface area contributed by atoms with Gasteiger partial charge in [0.15, 0.2) is 5.78 Å². The molecule has 0 saturated heterocycles. The second-order valence-electron chi connectivity index (χ2n) is 10.7. The van der Waals surface area contributed by atoms with Crippen LogP contribution in [-0.2, 0) is 12.8 Å². The fourth-order valence-electron chi connectivity index (χ4n) is 6.32. The molecule has 1 aliphatic heterocycles. The van der Waals surface area contributed by atoms with E-state index in [9.17, 15) is 4.79 Å². The van der Waals surface area contributed by atoms with Gasteiger partial charge >= 0.3 is 0 Å². The van der Waals surface area contributed by atoms with Crippen LogP contribution < -0.4 is 10.6 Å². The first-order valence-corrected chi connectivity index (χ1v) is 13.1. The van der Waals surface area contributed by atoms with Gasteiger partial charge < -0.3 is 10.6 Å². The summed E-state index contributed by atoms with van der Waals surface area (Å²) in [7, 11) is 0. The van der Waals surface area contributed by atoms with Gasteiger partial charge in [0.2, 0.25) is 0 Å². The predicted molar refractivity (Wildman–Crippen MR) is 145 cm³/mol.